The number of halogens is 1. The molecule has 0 radical (unpaired) electrons. The Bertz CT molecular complexity index is 997. The van der Waals surface area contributed by atoms with Gasteiger partial charge in [-0.3, -0.25) is 9.59 Å². The Kier molecular flexibility index (Phi) is 5.83. The minimum Gasteiger partial charge on any atom is -0.459 e. The van der Waals surface area contributed by atoms with Gasteiger partial charge in [-0.15, -0.1) is 0 Å². The number of hydrazone groups is 1. The predicted octanol–water partition coefficient (Wildman–Crippen LogP) is 4.45. The Hall–Kier alpha value is -3.19. The zero-order chi connectivity index (χ0) is 19.2. The van der Waals surface area contributed by atoms with Crippen LogP contribution in [0.4, 0.5) is 5.69 Å². The number of carbonyl (C=O) groups is 2. The SMILES string of the molecule is CC(=NNC(=O)c1ccccc1Br)c1cccc(NC(=O)c2ccco2)c1. The van der Waals surface area contributed by atoms with Crippen molar-refractivity contribution < 1.29 is 14.0 Å². The zero-order valence-corrected chi connectivity index (χ0v) is 16.0. The largest absolute Gasteiger partial charge is 0.459 e. The summed E-state index contributed by atoms with van der Waals surface area (Å²) in [4.78, 5) is 24.3. The second-order valence-corrected chi connectivity index (χ2v) is 6.48. The van der Waals surface area contributed by atoms with Crippen LogP contribution >= 0.6 is 15.9 Å². The number of hydrogen-bond acceptors (Lipinski definition) is 4. The van der Waals surface area contributed by atoms with Crippen LogP contribution < -0.4 is 10.7 Å². The van der Waals surface area contributed by atoms with E-state index in [0.717, 1.165) is 5.56 Å². The molecule has 27 heavy (non-hydrogen) atoms. The zero-order valence-electron chi connectivity index (χ0n) is 14.4. The van der Waals surface area contributed by atoms with Crippen LogP contribution in [0.2, 0.25) is 0 Å². The van der Waals surface area contributed by atoms with Gasteiger partial charge in [0.2, 0.25) is 0 Å². The van der Waals surface area contributed by atoms with Crippen molar-refractivity contribution in [1.29, 1.82) is 0 Å². The van der Waals surface area contributed by atoms with Gasteiger partial charge >= 0.3 is 0 Å². The van der Waals surface area contributed by atoms with Crippen LogP contribution in [0.3, 0.4) is 0 Å². The van der Waals surface area contributed by atoms with E-state index in [1.165, 1.54) is 6.26 Å². The number of amides is 2. The van der Waals surface area contributed by atoms with Crippen molar-refractivity contribution >= 4 is 39.1 Å². The monoisotopic (exact) mass is 425 g/mol. The molecule has 0 bridgehead atoms. The van der Waals surface area contributed by atoms with Crippen LogP contribution in [0.15, 0.2) is 80.9 Å². The molecule has 2 amide bonds. The van der Waals surface area contributed by atoms with Crippen molar-refractivity contribution in [3.05, 3.63) is 88.3 Å². The lowest BCUT2D eigenvalue weighted by Crippen LogP contribution is -2.19. The first-order chi connectivity index (χ1) is 13.0. The topological polar surface area (TPSA) is 83.7 Å². The molecule has 0 spiro atoms. The van der Waals surface area contributed by atoms with Crippen LogP contribution in [-0.4, -0.2) is 17.5 Å². The first-order valence-electron chi connectivity index (χ1n) is 8.09. The molecular weight excluding hydrogens is 410 g/mol. The molecule has 2 N–H and O–H groups in total. The summed E-state index contributed by atoms with van der Waals surface area (Å²) in [5.41, 5.74) is 4.99. The Balaban J connectivity index is 1.70. The predicted molar refractivity (Wildman–Crippen MR) is 107 cm³/mol. The summed E-state index contributed by atoms with van der Waals surface area (Å²) < 4.78 is 5.77. The molecule has 0 aliphatic heterocycles. The highest BCUT2D eigenvalue weighted by molar-refractivity contribution is 9.10. The van der Waals surface area contributed by atoms with E-state index in [2.05, 4.69) is 31.8 Å². The number of benzene rings is 2. The molecule has 3 rings (SSSR count). The van der Waals surface area contributed by atoms with E-state index >= 15 is 0 Å². The summed E-state index contributed by atoms with van der Waals surface area (Å²) in [7, 11) is 0. The van der Waals surface area contributed by atoms with E-state index in [4.69, 9.17) is 4.42 Å². The van der Waals surface area contributed by atoms with Gasteiger partial charge in [0.15, 0.2) is 5.76 Å². The summed E-state index contributed by atoms with van der Waals surface area (Å²) >= 11 is 3.34. The third-order valence-corrected chi connectivity index (χ3v) is 4.42. The third kappa shape index (κ3) is 4.71. The first kappa shape index (κ1) is 18.6. The van der Waals surface area contributed by atoms with Crippen molar-refractivity contribution in [3.8, 4) is 0 Å². The number of carbonyl (C=O) groups excluding carboxylic acids is 2. The number of hydrogen-bond donors (Lipinski definition) is 2. The van der Waals surface area contributed by atoms with Crippen molar-refractivity contribution in [3.63, 3.8) is 0 Å². The van der Waals surface area contributed by atoms with E-state index < -0.39 is 0 Å². The lowest BCUT2D eigenvalue weighted by atomic mass is 10.1. The maximum Gasteiger partial charge on any atom is 0.291 e. The highest BCUT2D eigenvalue weighted by Crippen LogP contribution is 2.16. The minimum atomic E-state index is -0.339. The molecule has 0 saturated carbocycles. The number of nitrogens with zero attached hydrogens (tertiary/aromatic N) is 1. The summed E-state index contributed by atoms with van der Waals surface area (Å²) in [6.45, 7) is 1.77. The normalized spacial score (nSPS) is 11.1. The van der Waals surface area contributed by atoms with Crippen LogP contribution in [0, 0.1) is 0 Å². The Morgan fingerprint density at radius 2 is 1.81 bits per heavy atom. The highest BCUT2D eigenvalue weighted by atomic mass is 79.9. The Labute approximate surface area is 164 Å². The maximum atomic E-state index is 12.2. The average Bonchev–Trinajstić information content (AvgIpc) is 3.21. The molecule has 0 aliphatic carbocycles. The van der Waals surface area contributed by atoms with Crippen molar-refractivity contribution in [2.75, 3.05) is 5.32 Å². The van der Waals surface area contributed by atoms with Gasteiger partial charge in [-0.05, 0) is 64.8 Å². The van der Waals surface area contributed by atoms with Crippen molar-refractivity contribution in [1.82, 2.24) is 5.43 Å². The number of furan rings is 1. The van der Waals surface area contributed by atoms with Gasteiger partial charge in [-0.2, -0.15) is 5.10 Å². The first-order valence-corrected chi connectivity index (χ1v) is 8.88. The average molecular weight is 426 g/mol. The second kappa shape index (κ2) is 8.46. The Morgan fingerprint density at radius 1 is 1.00 bits per heavy atom. The molecule has 1 heterocycles. The quantitative estimate of drug-likeness (QED) is 0.467. The number of rotatable bonds is 5. The van der Waals surface area contributed by atoms with Crippen LogP contribution in [0.5, 0.6) is 0 Å². The minimum absolute atomic E-state index is 0.228. The van der Waals surface area contributed by atoms with E-state index in [-0.39, 0.29) is 17.6 Å². The Morgan fingerprint density at radius 3 is 2.56 bits per heavy atom. The van der Waals surface area contributed by atoms with Gasteiger partial charge in [-0.1, -0.05) is 24.3 Å². The molecule has 0 fully saturated rings. The van der Waals surface area contributed by atoms with Crippen LogP contribution in [0.1, 0.15) is 33.4 Å². The molecule has 7 heteroatoms. The summed E-state index contributed by atoms with van der Waals surface area (Å²) in [5.74, 6) is -0.426. The van der Waals surface area contributed by atoms with Crippen molar-refractivity contribution in [2.24, 2.45) is 5.10 Å². The lowest BCUT2D eigenvalue weighted by molar-refractivity contribution is 0.0953. The fourth-order valence-electron chi connectivity index (χ4n) is 2.33. The third-order valence-electron chi connectivity index (χ3n) is 3.73. The second-order valence-electron chi connectivity index (χ2n) is 5.63. The van der Waals surface area contributed by atoms with E-state index in [1.807, 2.05) is 12.1 Å². The van der Waals surface area contributed by atoms with Gasteiger partial charge in [0.1, 0.15) is 0 Å². The summed E-state index contributed by atoms with van der Waals surface area (Å²) in [6, 6.07) is 17.5. The van der Waals surface area contributed by atoms with Gasteiger partial charge in [0, 0.05) is 10.2 Å². The molecule has 0 atom stereocenters. The number of nitrogens with one attached hydrogen (secondary N) is 2. The van der Waals surface area contributed by atoms with Gasteiger partial charge in [-0.25, -0.2) is 5.43 Å². The van der Waals surface area contributed by atoms with Gasteiger partial charge < -0.3 is 9.73 Å². The van der Waals surface area contributed by atoms with Gasteiger partial charge in [0.25, 0.3) is 11.8 Å². The number of anilines is 1. The molecule has 136 valence electrons. The van der Waals surface area contributed by atoms with Crippen LogP contribution in [-0.2, 0) is 0 Å². The van der Waals surface area contributed by atoms with E-state index in [1.54, 1.807) is 55.5 Å². The molecule has 1 aromatic heterocycles. The van der Waals surface area contributed by atoms with E-state index in [0.29, 0.717) is 21.4 Å². The fourth-order valence-corrected chi connectivity index (χ4v) is 2.79. The maximum absolute atomic E-state index is 12.2. The molecule has 6 nitrogen and oxygen atoms in total. The molecule has 0 unspecified atom stereocenters. The fraction of sp³-hybridized carbons (Fsp3) is 0.0500. The molecule has 3 aromatic rings. The van der Waals surface area contributed by atoms with E-state index in [9.17, 15) is 9.59 Å². The molecular formula is C20H16BrN3O3. The molecule has 2 aromatic carbocycles. The lowest BCUT2D eigenvalue weighted by Gasteiger charge is -2.07. The molecule has 0 saturated heterocycles. The van der Waals surface area contributed by atoms with Crippen LogP contribution in [0.25, 0.3) is 0 Å². The van der Waals surface area contributed by atoms with Crippen molar-refractivity contribution in [2.45, 2.75) is 6.92 Å². The summed E-state index contributed by atoms with van der Waals surface area (Å²) in [5, 5.41) is 6.90. The standard InChI is InChI=1S/C20H16BrN3O3/c1-13(23-24-19(25)16-8-2-3-9-17(16)21)14-6-4-7-15(12-14)22-20(26)18-10-5-11-27-18/h2-12H,1H3,(H,22,26)(H,24,25). The summed E-state index contributed by atoms with van der Waals surface area (Å²) in [6.07, 6.45) is 1.44. The smallest absolute Gasteiger partial charge is 0.291 e. The highest BCUT2D eigenvalue weighted by Gasteiger charge is 2.10. The van der Waals surface area contributed by atoms with Gasteiger partial charge in [0.05, 0.1) is 17.5 Å². The molecule has 0 aliphatic rings.